The average Bonchev–Trinajstić information content (AvgIpc) is 2.95. The molecule has 3 aromatic heterocycles. The van der Waals surface area contributed by atoms with Gasteiger partial charge in [-0.2, -0.15) is 0 Å². The maximum Gasteiger partial charge on any atom is 0.227 e. The lowest BCUT2D eigenvalue weighted by molar-refractivity contribution is 0.410. The zero-order valence-electron chi connectivity index (χ0n) is 17.0. The Hall–Kier alpha value is -2.68. The van der Waals surface area contributed by atoms with Gasteiger partial charge in [0, 0.05) is 28.2 Å². The minimum atomic E-state index is 0.229. The van der Waals surface area contributed by atoms with Crippen molar-refractivity contribution in [1.29, 1.82) is 0 Å². The van der Waals surface area contributed by atoms with Gasteiger partial charge in [0.2, 0.25) is 5.71 Å². The molecule has 0 aliphatic rings. The Labute approximate surface area is 160 Å². The molecule has 3 nitrogen and oxygen atoms in total. The van der Waals surface area contributed by atoms with Crippen molar-refractivity contribution >= 4 is 22.1 Å². The number of hydrogen-bond acceptors (Lipinski definition) is 3. The molecule has 0 atom stereocenters. The van der Waals surface area contributed by atoms with Gasteiger partial charge in [-0.05, 0) is 73.6 Å². The Morgan fingerprint density at radius 1 is 0.963 bits per heavy atom. The van der Waals surface area contributed by atoms with E-state index in [0.717, 1.165) is 39.7 Å². The van der Waals surface area contributed by atoms with Gasteiger partial charge in [-0.25, -0.2) is 4.98 Å². The molecule has 27 heavy (non-hydrogen) atoms. The van der Waals surface area contributed by atoms with Crippen molar-refractivity contribution < 1.29 is 4.42 Å². The van der Waals surface area contributed by atoms with Gasteiger partial charge in [-0.15, -0.1) is 0 Å². The molecule has 4 rings (SSSR count). The number of benzene rings is 1. The van der Waals surface area contributed by atoms with Crippen LogP contribution in [0.15, 0.2) is 40.9 Å². The topological polar surface area (TPSA) is 38.9 Å². The monoisotopic (exact) mass is 358 g/mol. The third-order valence-corrected chi connectivity index (χ3v) is 5.05. The molecular weight excluding hydrogens is 332 g/mol. The third-order valence-electron chi connectivity index (χ3n) is 5.05. The zero-order chi connectivity index (χ0) is 19.3. The van der Waals surface area contributed by atoms with E-state index in [1.165, 1.54) is 16.7 Å². The van der Waals surface area contributed by atoms with E-state index >= 15 is 0 Å². The number of pyridine rings is 2. The van der Waals surface area contributed by atoms with E-state index < -0.39 is 0 Å². The molecule has 0 radical (unpaired) electrons. The summed E-state index contributed by atoms with van der Waals surface area (Å²) in [5.74, 6) is 0. The molecule has 3 heteroatoms. The van der Waals surface area contributed by atoms with E-state index in [-0.39, 0.29) is 5.41 Å². The number of aryl methyl sites for hydroxylation is 3. The van der Waals surface area contributed by atoms with Crippen molar-refractivity contribution in [3.05, 3.63) is 58.9 Å². The van der Waals surface area contributed by atoms with E-state index in [4.69, 9.17) is 9.40 Å². The van der Waals surface area contributed by atoms with Gasteiger partial charge in [0.05, 0.1) is 5.69 Å². The van der Waals surface area contributed by atoms with Gasteiger partial charge in [0.15, 0.2) is 0 Å². The van der Waals surface area contributed by atoms with Crippen LogP contribution in [0.3, 0.4) is 0 Å². The Kier molecular flexibility index (Phi) is 4.06. The second-order valence-corrected chi connectivity index (χ2v) is 8.78. The Balaban J connectivity index is 1.96. The summed E-state index contributed by atoms with van der Waals surface area (Å²) in [5.41, 5.74) is 8.52. The molecule has 0 aliphatic carbocycles. The second-order valence-electron chi connectivity index (χ2n) is 8.78. The van der Waals surface area contributed by atoms with E-state index in [1.54, 1.807) is 0 Å². The lowest BCUT2D eigenvalue weighted by Gasteiger charge is -2.20. The molecule has 3 heterocycles. The van der Waals surface area contributed by atoms with Crippen LogP contribution in [-0.4, -0.2) is 9.97 Å². The molecule has 0 saturated heterocycles. The predicted octanol–water partition coefficient (Wildman–Crippen LogP) is 6.56. The van der Waals surface area contributed by atoms with E-state index in [9.17, 15) is 0 Å². The minimum Gasteiger partial charge on any atom is -0.437 e. The highest BCUT2D eigenvalue weighted by molar-refractivity contribution is 6.10. The number of fused-ring (bicyclic) bond motifs is 3. The highest BCUT2D eigenvalue weighted by Crippen LogP contribution is 2.37. The SMILES string of the molecule is Cc1ccc2c(n1)oc1c(-c3cc(CC(C)(C)C)c(C)cn3)ccc(C)c12. The number of nitrogens with zero attached hydrogens (tertiary/aromatic N) is 2. The van der Waals surface area contributed by atoms with Crippen LogP contribution in [0.2, 0.25) is 0 Å². The molecular formula is C24H26N2O. The van der Waals surface area contributed by atoms with E-state index in [2.05, 4.69) is 63.9 Å². The first-order chi connectivity index (χ1) is 12.7. The quantitative estimate of drug-likeness (QED) is 0.407. The molecule has 138 valence electrons. The molecule has 0 bridgehead atoms. The predicted molar refractivity (Wildman–Crippen MR) is 112 cm³/mol. The normalized spacial score (nSPS) is 12.2. The fourth-order valence-electron chi connectivity index (χ4n) is 3.70. The summed E-state index contributed by atoms with van der Waals surface area (Å²) < 4.78 is 6.22. The van der Waals surface area contributed by atoms with Crippen molar-refractivity contribution in [3.63, 3.8) is 0 Å². The van der Waals surface area contributed by atoms with E-state index in [1.807, 2.05) is 19.2 Å². The van der Waals surface area contributed by atoms with Crippen LogP contribution in [0.4, 0.5) is 0 Å². The Bertz CT molecular complexity index is 1160. The largest absolute Gasteiger partial charge is 0.437 e. The highest BCUT2D eigenvalue weighted by atomic mass is 16.3. The van der Waals surface area contributed by atoms with Crippen LogP contribution in [0.25, 0.3) is 33.3 Å². The van der Waals surface area contributed by atoms with Gasteiger partial charge in [0.1, 0.15) is 5.58 Å². The van der Waals surface area contributed by atoms with Crippen molar-refractivity contribution in [2.75, 3.05) is 0 Å². The zero-order valence-corrected chi connectivity index (χ0v) is 17.0. The van der Waals surface area contributed by atoms with Crippen molar-refractivity contribution in [3.8, 4) is 11.3 Å². The maximum absolute atomic E-state index is 6.22. The summed E-state index contributed by atoms with van der Waals surface area (Å²) in [6.45, 7) is 13.0. The van der Waals surface area contributed by atoms with Crippen LogP contribution in [-0.2, 0) is 6.42 Å². The highest BCUT2D eigenvalue weighted by Gasteiger charge is 2.18. The van der Waals surface area contributed by atoms with Crippen LogP contribution >= 0.6 is 0 Å². The van der Waals surface area contributed by atoms with Crippen LogP contribution in [0.1, 0.15) is 43.2 Å². The molecule has 1 aromatic carbocycles. The summed E-state index contributed by atoms with van der Waals surface area (Å²) in [7, 11) is 0. The fraction of sp³-hybridized carbons (Fsp3) is 0.333. The van der Waals surface area contributed by atoms with Crippen molar-refractivity contribution in [2.24, 2.45) is 5.41 Å². The Morgan fingerprint density at radius 3 is 2.48 bits per heavy atom. The maximum atomic E-state index is 6.22. The molecule has 0 unspecified atom stereocenters. The smallest absolute Gasteiger partial charge is 0.227 e. The second kappa shape index (κ2) is 6.19. The molecule has 0 spiro atoms. The van der Waals surface area contributed by atoms with Crippen molar-refractivity contribution in [1.82, 2.24) is 9.97 Å². The lowest BCUT2D eigenvalue weighted by Crippen LogP contribution is -2.10. The summed E-state index contributed by atoms with van der Waals surface area (Å²) >= 11 is 0. The summed E-state index contributed by atoms with van der Waals surface area (Å²) in [5, 5.41) is 2.20. The van der Waals surface area contributed by atoms with Gasteiger partial charge < -0.3 is 4.42 Å². The number of aromatic nitrogens is 2. The summed E-state index contributed by atoms with van der Waals surface area (Å²) in [6.07, 6.45) is 3.00. The Morgan fingerprint density at radius 2 is 1.74 bits per heavy atom. The van der Waals surface area contributed by atoms with Crippen molar-refractivity contribution in [2.45, 2.75) is 48.0 Å². The standard InChI is InChI=1S/C24H26N2O/c1-14-7-9-18(20-11-17(12-24(4,5)6)15(2)13-25-20)22-21(14)19-10-8-16(3)26-23(19)27-22/h7-11,13H,12H2,1-6H3. The first-order valence-corrected chi connectivity index (χ1v) is 9.48. The summed E-state index contributed by atoms with van der Waals surface area (Å²) in [6, 6.07) is 10.6. The number of furan rings is 1. The summed E-state index contributed by atoms with van der Waals surface area (Å²) in [4.78, 5) is 9.31. The fourth-order valence-corrected chi connectivity index (χ4v) is 3.70. The molecule has 4 aromatic rings. The third kappa shape index (κ3) is 3.23. The lowest BCUT2D eigenvalue weighted by atomic mass is 9.86. The van der Waals surface area contributed by atoms with Crippen LogP contribution in [0.5, 0.6) is 0 Å². The van der Waals surface area contributed by atoms with Gasteiger partial charge >= 0.3 is 0 Å². The number of hydrogen-bond donors (Lipinski definition) is 0. The van der Waals surface area contributed by atoms with Gasteiger partial charge in [-0.1, -0.05) is 26.8 Å². The van der Waals surface area contributed by atoms with Gasteiger partial charge in [0.25, 0.3) is 0 Å². The molecule has 0 aliphatic heterocycles. The first-order valence-electron chi connectivity index (χ1n) is 9.48. The number of rotatable bonds is 2. The molecule has 0 N–H and O–H groups in total. The molecule has 0 amide bonds. The first kappa shape index (κ1) is 17.7. The minimum absolute atomic E-state index is 0.229. The molecule has 0 fully saturated rings. The average molecular weight is 358 g/mol. The van der Waals surface area contributed by atoms with Gasteiger partial charge in [-0.3, -0.25) is 4.98 Å². The van der Waals surface area contributed by atoms with Crippen LogP contribution in [0, 0.1) is 26.2 Å². The molecule has 0 saturated carbocycles. The van der Waals surface area contributed by atoms with Crippen LogP contribution < -0.4 is 0 Å². The van der Waals surface area contributed by atoms with E-state index in [0.29, 0.717) is 5.71 Å².